The average Bonchev–Trinajstić information content (AvgIpc) is 2.60. The molecule has 0 aromatic carbocycles. The number of hydrogen-bond donors (Lipinski definition) is 1. The second-order valence-corrected chi connectivity index (χ2v) is 3.58. The van der Waals surface area contributed by atoms with Gasteiger partial charge in [0, 0.05) is 20.1 Å². The zero-order valence-corrected chi connectivity index (χ0v) is 8.68. The largest absolute Gasteiger partial charge is 0.383 e. The Hall–Kier alpha value is -1.78. The summed E-state index contributed by atoms with van der Waals surface area (Å²) in [4.78, 5) is 13.8. The van der Waals surface area contributed by atoms with Crippen LogP contribution in [0.2, 0.25) is 0 Å². The van der Waals surface area contributed by atoms with Gasteiger partial charge in [-0.2, -0.15) is 5.10 Å². The van der Waals surface area contributed by atoms with E-state index in [0.717, 1.165) is 13.0 Å². The summed E-state index contributed by atoms with van der Waals surface area (Å²) in [6.07, 6.45) is 6.51. The first-order valence-corrected chi connectivity index (χ1v) is 4.92. The molecule has 1 aliphatic rings. The fourth-order valence-corrected chi connectivity index (χ4v) is 1.61. The minimum atomic E-state index is -0.0371. The Bertz CT molecular complexity index is 408. The number of nitrogens with two attached hydrogens (primary N) is 1. The van der Waals surface area contributed by atoms with Gasteiger partial charge in [0.2, 0.25) is 0 Å². The number of rotatable bonds is 1. The van der Waals surface area contributed by atoms with Gasteiger partial charge >= 0.3 is 0 Å². The van der Waals surface area contributed by atoms with Gasteiger partial charge in [0.05, 0.1) is 6.20 Å². The molecule has 2 heterocycles. The first-order chi connectivity index (χ1) is 7.20. The highest BCUT2D eigenvalue weighted by atomic mass is 16.2. The van der Waals surface area contributed by atoms with Gasteiger partial charge in [0.15, 0.2) is 0 Å². The lowest BCUT2D eigenvalue weighted by atomic mass is 10.2. The van der Waals surface area contributed by atoms with E-state index in [-0.39, 0.29) is 5.91 Å². The molecule has 0 saturated carbocycles. The number of aromatic nitrogens is 2. The molecule has 80 valence electrons. The summed E-state index contributed by atoms with van der Waals surface area (Å²) < 4.78 is 1.51. The highest BCUT2D eigenvalue weighted by molar-refractivity contribution is 5.98. The highest BCUT2D eigenvalue weighted by Gasteiger charge is 2.20. The van der Waals surface area contributed by atoms with Gasteiger partial charge in [0.1, 0.15) is 11.4 Å². The van der Waals surface area contributed by atoms with Crippen LogP contribution in [0.1, 0.15) is 16.8 Å². The number of nitrogen functional groups attached to an aromatic ring is 1. The first-order valence-electron chi connectivity index (χ1n) is 4.92. The van der Waals surface area contributed by atoms with Crippen molar-refractivity contribution in [3.8, 4) is 0 Å². The Morgan fingerprint density at radius 1 is 1.53 bits per heavy atom. The van der Waals surface area contributed by atoms with Crippen molar-refractivity contribution in [3.05, 3.63) is 23.9 Å². The van der Waals surface area contributed by atoms with Crippen LogP contribution in [-0.2, 0) is 7.05 Å². The fourth-order valence-electron chi connectivity index (χ4n) is 1.61. The molecular formula is C10H14N4O. The predicted octanol–water partition coefficient (Wildman–Crippen LogP) is 0.404. The van der Waals surface area contributed by atoms with E-state index in [9.17, 15) is 4.79 Å². The lowest BCUT2D eigenvalue weighted by molar-refractivity contribution is 0.0772. The zero-order chi connectivity index (χ0) is 10.8. The van der Waals surface area contributed by atoms with Crippen LogP contribution < -0.4 is 5.73 Å². The molecule has 0 fully saturated rings. The van der Waals surface area contributed by atoms with E-state index < -0.39 is 0 Å². The maximum absolute atomic E-state index is 12.0. The molecular weight excluding hydrogens is 192 g/mol. The summed E-state index contributed by atoms with van der Waals surface area (Å²) in [6, 6.07) is 0. The molecule has 1 amide bonds. The smallest absolute Gasteiger partial charge is 0.259 e. The van der Waals surface area contributed by atoms with E-state index in [1.807, 2.05) is 6.08 Å². The van der Waals surface area contributed by atoms with Crippen LogP contribution in [-0.4, -0.2) is 33.7 Å². The Morgan fingerprint density at radius 2 is 2.33 bits per heavy atom. The van der Waals surface area contributed by atoms with E-state index in [4.69, 9.17) is 5.73 Å². The third kappa shape index (κ3) is 1.72. The lowest BCUT2D eigenvalue weighted by Crippen LogP contribution is -2.34. The Morgan fingerprint density at radius 3 is 2.87 bits per heavy atom. The molecule has 0 atom stereocenters. The highest BCUT2D eigenvalue weighted by Crippen LogP contribution is 2.14. The Balaban J connectivity index is 2.20. The van der Waals surface area contributed by atoms with Crippen molar-refractivity contribution in [3.63, 3.8) is 0 Å². The van der Waals surface area contributed by atoms with Crippen molar-refractivity contribution in [1.29, 1.82) is 0 Å². The molecule has 0 saturated heterocycles. The van der Waals surface area contributed by atoms with Crippen LogP contribution in [0.3, 0.4) is 0 Å². The summed E-state index contributed by atoms with van der Waals surface area (Å²) in [6.45, 7) is 1.41. The predicted molar refractivity (Wildman–Crippen MR) is 57.3 cm³/mol. The number of hydrogen-bond acceptors (Lipinski definition) is 3. The molecule has 0 bridgehead atoms. The standard InChI is InChI=1S/C10H14N4O/c1-13-9(11)8(7-12-13)10(15)14-5-3-2-4-6-14/h2-3,7H,4-6,11H2,1H3. The molecule has 0 aliphatic carbocycles. The molecule has 2 rings (SSSR count). The van der Waals surface area contributed by atoms with E-state index in [2.05, 4.69) is 11.2 Å². The van der Waals surface area contributed by atoms with E-state index in [1.54, 1.807) is 11.9 Å². The van der Waals surface area contributed by atoms with Crippen molar-refractivity contribution >= 4 is 11.7 Å². The average molecular weight is 206 g/mol. The number of nitrogens with zero attached hydrogens (tertiary/aromatic N) is 3. The van der Waals surface area contributed by atoms with Crippen LogP contribution in [0, 0.1) is 0 Å². The molecule has 15 heavy (non-hydrogen) atoms. The van der Waals surface area contributed by atoms with Gasteiger partial charge in [-0.05, 0) is 6.42 Å². The monoisotopic (exact) mass is 206 g/mol. The van der Waals surface area contributed by atoms with Gasteiger partial charge in [-0.1, -0.05) is 12.2 Å². The van der Waals surface area contributed by atoms with Crippen LogP contribution in [0.15, 0.2) is 18.3 Å². The minimum Gasteiger partial charge on any atom is -0.383 e. The maximum atomic E-state index is 12.0. The van der Waals surface area contributed by atoms with Crippen molar-refractivity contribution < 1.29 is 4.79 Å². The number of carbonyl (C=O) groups is 1. The zero-order valence-electron chi connectivity index (χ0n) is 8.68. The van der Waals surface area contributed by atoms with Crippen molar-refractivity contribution in [2.75, 3.05) is 18.8 Å². The molecule has 0 radical (unpaired) electrons. The van der Waals surface area contributed by atoms with Crippen LogP contribution in [0.5, 0.6) is 0 Å². The second-order valence-electron chi connectivity index (χ2n) is 3.58. The second kappa shape index (κ2) is 3.76. The quantitative estimate of drug-likeness (QED) is 0.677. The summed E-state index contributed by atoms with van der Waals surface area (Å²) in [7, 11) is 1.72. The van der Waals surface area contributed by atoms with Crippen LogP contribution in [0.4, 0.5) is 5.82 Å². The van der Waals surface area contributed by atoms with Gasteiger partial charge < -0.3 is 10.6 Å². The molecule has 1 aromatic heterocycles. The third-order valence-corrected chi connectivity index (χ3v) is 2.56. The number of aryl methyl sites for hydroxylation is 1. The lowest BCUT2D eigenvalue weighted by Gasteiger charge is -2.22. The summed E-state index contributed by atoms with van der Waals surface area (Å²) >= 11 is 0. The summed E-state index contributed by atoms with van der Waals surface area (Å²) in [5, 5.41) is 3.96. The molecule has 0 unspecified atom stereocenters. The summed E-state index contributed by atoms with van der Waals surface area (Å²) in [5.74, 6) is 0.388. The van der Waals surface area contributed by atoms with Gasteiger partial charge in [0.25, 0.3) is 5.91 Å². The van der Waals surface area contributed by atoms with E-state index in [1.165, 1.54) is 10.9 Å². The first kappa shape index (κ1) is 9.76. The fraction of sp³-hybridized carbons (Fsp3) is 0.400. The maximum Gasteiger partial charge on any atom is 0.259 e. The molecule has 1 aromatic rings. The third-order valence-electron chi connectivity index (χ3n) is 2.56. The molecule has 1 aliphatic heterocycles. The van der Waals surface area contributed by atoms with Crippen LogP contribution in [0.25, 0.3) is 0 Å². The van der Waals surface area contributed by atoms with Gasteiger partial charge in [-0.25, -0.2) is 0 Å². The number of anilines is 1. The Kier molecular flexibility index (Phi) is 2.45. The topological polar surface area (TPSA) is 64.2 Å². The molecule has 5 nitrogen and oxygen atoms in total. The number of amides is 1. The van der Waals surface area contributed by atoms with Crippen molar-refractivity contribution in [2.45, 2.75) is 6.42 Å². The minimum absolute atomic E-state index is 0.0371. The SMILES string of the molecule is Cn1ncc(C(=O)N2CC=CCC2)c1N. The van der Waals surface area contributed by atoms with Crippen LogP contribution >= 0.6 is 0 Å². The van der Waals surface area contributed by atoms with E-state index >= 15 is 0 Å². The number of carbonyl (C=O) groups excluding carboxylic acids is 1. The van der Waals surface area contributed by atoms with Gasteiger partial charge in [-0.15, -0.1) is 0 Å². The van der Waals surface area contributed by atoms with Crippen molar-refractivity contribution in [1.82, 2.24) is 14.7 Å². The normalized spacial score (nSPS) is 15.7. The molecule has 5 heteroatoms. The van der Waals surface area contributed by atoms with Crippen molar-refractivity contribution in [2.24, 2.45) is 7.05 Å². The molecule has 0 spiro atoms. The Labute approximate surface area is 88.2 Å². The molecule has 2 N–H and O–H groups in total. The summed E-state index contributed by atoms with van der Waals surface area (Å²) in [5.41, 5.74) is 6.24. The van der Waals surface area contributed by atoms with E-state index in [0.29, 0.717) is 17.9 Å². The van der Waals surface area contributed by atoms with Gasteiger partial charge in [-0.3, -0.25) is 9.48 Å².